The number of fused-ring (bicyclic) bond motifs is 3. The minimum Gasteiger partial charge on any atom is -0.323 e. The summed E-state index contributed by atoms with van der Waals surface area (Å²) in [5.74, 6) is 0. The number of piperidine rings is 1. The molecule has 2 N–H and O–H groups in total. The lowest BCUT2D eigenvalue weighted by molar-refractivity contribution is -0.0225. The molecule has 3 aliphatic rings. The molecule has 2 heterocycles. The molecular weight excluding hydrogens is 268 g/mol. The molecule has 3 atom stereocenters. The fourth-order valence-corrected chi connectivity index (χ4v) is 5.93. The maximum atomic E-state index is 6.81. The predicted octanol–water partition coefficient (Wildman–Crippen LogP) is 3.96. The third kappa shape index (κ3) is 1.93. The van der Waals surface area contributed by atoms with Crippen LogP contribution >= 0.6 is 0 Å². The first kappa shape index (κ1) is 14.7. The van der Waals surface area contributed by atoms with E-state index >= 15 is 0 Å². The van der Waals surface area contributed by atoms with Crippen LogP contribution < -0.4 is 5.73 Å². The van der Waals surface area contributed by atoms with Crippen LogP contribution in [0.1, 0.15) is 69.2 Å². The van der Waals surface area contributed by atoms with Crippen molar-refractivity contribution in [2.75, 3.05) is 0 Å². The minimum atomic E-state index is 0.243. The van der Waals surface area contributed by atoms with Crippen molar-refractivity contribution in [1.82, 2.24) is 4.90 Å². The Bertz CT molecular complexity index is 584. The van der Waals surface area contributed by atoms with Gasteiger partial charge in [-0.05, 0) is 81.9 Å². The van der Waals surface area contributed by atoms with Crippen molar-refractivity contribution >= 4 is 0 Å². The molecule has 120 valence electrons. The maximum absolute atomic E-state index is 6.81. The van der Waals surface area contributed by atoms with Gasteiger partial charge in [0.25, 0.3) is 0 Å². The highest BCUT2D eigenvalue weighted by molar-refractivity contribution is 5.43. The molecule has 2 bridgehead atoms. The third-order valence-corrected chi connectivity index (χ3v) is 6.65. The molecular formula is C20H30N2. The zero-order chi connectivity index (χ0) is 15.7. The second-order valence-electron chi connectivity index (χ2n) is 9.03. The lowest BCUT2D eigenvalue weighted by Crippen LogP contribution is -2.56. The van der Waals surface area contributed by atoms with Gasteiger partial charge in [0.05, 0.1) is 0 Å². The van der Waals surface area contributed by atoms with Crippen molar-refractivity contribution in [2.24, 2.45) is 11.1 Å². The molecule has 1 aliphatic carbocycles. The Labute approximate surface area is 135 Å². The van der Waals surface area contributed by atoms with Crippen molar-refractivity contribution < 1.29 is 0 Å². The van der Waals surface area contributed by atoms with Gasteiger partial charge in [0.15, 0.2) is 0 Å². The molecule has 2 unspecified atom stereocenters. The lowest BCUT2D eigenvalue weighted by Gasteiger charge is -2.52. The Balaban J connectivity index is 1.68. The normalized spacial score (nSPS) is 37.8. The van der Waals surface area contributed by atoms with E-state index in [4.69, 9.17) is 5.73 Å². The Morgan fingerprint density at radius 2 is 1.77 bits per heavy atom. The van der Waals surface area contributed by atoms with Crippen LogP contribution in [0.25, 0.3) is 0 Å². The highest BCUT2D eigenvalue weighted by Crippen LogP contribution is 2.58. The molecule has 2 aliphatic heterocycles. The van der Waals surface area contributed by atoms with E-state index in [2.05, 4.69) is 50.8 Å². The van der Waals surface area contributed by atoms with Gasteiger partial charge in [0.2, 0.25) is 0 Å². The molecule has 4 rings (SSSR count). The summed E-state index contributed by atoms with van der Waals surface area (Å²) < 4.78 is 0. The Morgan fingerprint density at radius 3 is 2.32 bits per heavy atom. The van der Waals surface area contributed by atoms with Crippen LogP contribution in [0.5, 0.6) is 0 Å². The number of rotatable bonds is 0. The summed E-state index contributed by atoms with van der Waals surface area (Å²) in [4.78, 5) is 2.81. The Kier molecular flexibility index (Phi) is 3.06. The molecule has 1 aromatic rings. The van der Waals surface area contributed by atoms with Crippen molar-refractivity contribution in [3.63, 3.8) is 0 Å². The highest BCUT2D eigenvalue weighted by atomic mass is 15.3. The summed E-state index contributed by atoms with van der Waals surface area (Å²) in [7, 11) is 0. The van der Waals surface area contributed by atoms with Gasteiger partial charge in [-0.15, -0.1) is 0 Å². The summed E-state index contributed by atoms with van der Waals surface area (Å²) in [5.41, 5.74) is 11.9. The summed E-state index contributed by atoms with van der Waals surface area (Å²) in [6, 6.07) is 8.43. The second kappa shape index (κ2) is 4.58. The van der Waals surface area contributed by atoms with E-state index in [1.165, 1.54) is 43.2 Å². The van der Waals surface area contributed by atoms with Gasteiger partial charge in [-0.3, -0.25) is 4.90 Å². The van der Waals surface area contributed by atoms with Gasteiger partial charge in [-0.2, -0.15) is 0 Å². The standard InChI is InChI=1S/C20H30N2/c1-13-6-5-7-16-17(13)12-20(18(16)21)10-14-8-9-15(11-20)22(14)19(2,3)4/h5-7,14-15,18H,8-12,21H2,1-4H3/t14?,15?,18-,20?/m1/s1. The number of aryl methyl sites for hydroxylation is 1. The van der Waals surface area contributed by atoms with E-state index < -0.39 is 0 Å². The van der Waals surface area contributed by atoms with Gasteiger partial charge in [0.1, 0.15) is 0 Å². The summed E-state index contributed by atoms with van der Waals surface area (Å²) in [6.45, 7) is 9.39. The Hall–Kier alpha value is -0.860. The van der Waals surface area contributed by atoms with Gasteiger partial charge in [0, 0.05) is 23.7 Å². The van der Waals surface area contributed by atoms with Crippen LogP contribution in [0.2, 0.25) is 0 Å². The van der Waals surface area contributed by atoms with E-state index in [9.17, 15) is 0 Å². The van der Waals surface area contributed by atoms with Crippen LogP contribution in [-0.4, -0.2) is 22.5 Å². The zero-order valence-corrected chi connectivity index (χ0v) is 14.5. The van der Waals surface area contributed by atoms with Crippen molar-refractivity contribution in [1.29, 1.82) is 0 Å². The maximum Gasteiger partial charge on any atom is 0.0359 e. The van der Waals surface area contributed by atoms with Gasteiger partial charge in [-0.1, -0.05) is 18.2 Å². The topological polar surface area (TPSA) is 29.3 Å². The first-order valence-corrected chi connectivity index (χ1v) is 8.94. The monoisotopic (exact) mass is 298 g/mol. The highest BCUT2D eigenvalue weighted by Gasteiger charge is 2.55. The summed E-state index contributed by atoms with van der Waals surface area (Å²) in [6.07, 6.45) is 6.52. The van der Waals surface area contributed by atoms with E-state index in [1.54, 1.807) is 5.56 Å². The van der Waals surface area contributed by atoms with E-state index in [0.717, 1.165) is 12.1 Å². The minimum absolute atomic E-state index is 0.243. The number of nitrogens with two attached hydrogens (primary N) is 1. The molecule has 2 saturated heterocycles. The first-order chi connectivity index (χ1) is 10.3. The molecule has 0 radical (unpaired) electrons. The second-order valence-corrected chi connectivity index (χ2v) is 9.03. The third-order valence-electron chi connectivity index (χ3n) is 6.65. The molecule has 22 heavy (non-hydrogen) atoms. The largest absolute Gasteiger partial charge is 0.323 e. The van der Waals surface area contributed by atoms with Crippen LogP contribution in [0, 0.1) is 12.3 Å². The zero-order valence-electron chi connectivity index (χ0n) is 14.5. The molecule has 0 amide bonds. The molecule has 2 heteroatoms. The number of nitrogens with zero attached hydrogens (tertiary/aromatic N) is 1. The van der Waals surface area contributed by atoms with Crippen molar-refractivity contribution in [3.8, 4) is 0 Å². The average molecular weight is 298 g/mol. The summed E-state index contributed by atoms with van der Waals surface area (Å²) in [5, 5.41) is 0. The SMILES string of the molecule is Cc1cccc2c1CC1(CC3CCC(C1)N3C(C)(C)C)[C@@H]2N. The van der Waals surface area contributed by atoms with Crippen LogP contribution in [0.3, 0.4) is 0 Å². The quantitative estimate of drug-likeness (QED) is 0.785. The van der Waals surface area contributed by atoms with Gasteiger partial charge < -0.3 is 5.73 Å². The smallest absolute Gasteiger partial charge is 0.0359 e. The molecule has 1 aromatic carbocycles. The number of benzene rings is 1. The number of hydrogen-bond donors (Lipinski definition) is 1. The lowest BCUT2D eigenvalue weighted by atomic mass is 9.69. The molecule has 0 saturated carbocycles. The predicted molar refractivity (Wildman–Crippen MR) is 91.9 cm³/mol. The fraction of sp³-hybridized carbons (Fsp3) is 0.700. The van der Waals surface area contributed by atoms with Crippen molar-refractivity contribution in [3.05, 3.63) is 34.9 Å². The van der Waals surface area contributed by atoms with E-state index in [-0.39, 0.29) is 6.04 Å². The van der Waals surface area contributed by atoms with Crippen LogP contribution in [0.15, 0.2) is 18.2 Å². The first-order valence-electron chi connectivity index (χ1n) is 8.94. The van der Waals surface area contributed by atoms with E-state index in [0.29, 0.717) is 11.0 Å². The average Bonchev–Trinajstić information content (AvgIpc) is 2.87. The molecule has 2 nitrogen and oxygen atoms in total. The molecule has 1 spiro atoms. The fourth-order valence-electron chi connectivity index (χ4n) is 5.93. The van der Waals surface area contributed by atoms with Crippen LogP contribution in [0.4, 0.5) is 0 Å². The van der Waals surface area contributed by atoms with Crippen LogP contribution in [-0.2, 0) is 6.42 Å². The number of hydrogen-bond acceptors (Lipinski definition) is 2. The molecule has 0 aromatic heterocycles. The Morgan fingerprint density at radius 1 is 1.14 bits per heavy atom. The summed E-state index contributed by atoms with van der Waals surface area (Å²) >= 11 is 0. The van der Waals surface area contributed by atoms with E-state index in [1.807, 2.05) is 0 Å². The van der Waals surface area contributed by atoms with Gasteiger partial charge >= 0.3 is 0 Å². The van der Waals surface area contributed by atoms with Crippen molar-refractivity contribution in [2.45, 2.75) is 83.5 Å². The molecule has 2 fully saturated rings. The van der Waals surface area contributed by atoms with Gasteiger partial charge in [-0.25, -0.2) is 0 Å².